The summed E-state index contributed by atoms with van der Waals surface area (Å²) in [4.78, 5) is 0. The monoisotopic (exact) mass is 242 g/mol. The molecule has 88 valence electrons. The van der Waals surface area contributed by atoms with Crippen LogP contribution in [0.5, 0.6) is 0 Å². The lowest BCUT2D eigenvalue weighted by molar-refractivity contribution is 0.149. The van der Waals surface area contributed by atoms with Crippen LogP contribution in [0.15, 0.2) is 6.07 Å². The number of halogens is 2. The van der Waals surface area contributed by atoms with E-state index in [4.69, 9.17) is 11.6 Å². The third kappa shape index (κ3) is 1.96. The summed E-state index contributed by atoms with van der Waals surface area (Å²) >= 11 is 6.05. The quantitative estimate of drug-likeness (QED) is 0.687. The summed E-state index contributed by atoms with van der Waals surface area (Å²) in [7, 11) is 0. The van der Waals surface area contributed by atoms with Crippen molar-refractivity contribution in [2.75, 3.05) is 0 Å². The van der Waals surface area contributed by atoms with Crippen LogP contribution in [0.3, 0.4) is 0 Å². The van der Waals surface area contributed by atoms with Crippen LogP contribution >= 0.6 is 11.6 Å². The second kappa shape index (κ2) is 4.34. The zero-order valence-electron chi connectivity index (χ0n) is 9.56. The average molecular weight is 243 g/mol. The van der Waals surface area contributed by atoms with Crippen molar-refractivity contribution in [3.63, 3.8) is 0 Å². The van der Waals surface area contributed by atoms with E-state index in [-0.39, 0.29) is 5.82 Å². The lowest BCUT2D eigenvalue weighted by Gasteiger charge is -2.17. The first-order valence-corrected chi connectivity index (χ1v) is 6.04. The standard InChI is InChI=1S/C13H16ClFO/c1-7-3-4-9-10(14)6-11(15)8(2)13(9)12(16)5-7/h6-7,12,16H,3-5H2,1-2H3. The highest BCUT2D eigenvalue weighted by atomic mass is 35.5. The first kappa shape index (κ1) is 11.9. The Morgan fingerprint density at radius 2 is 2.19 bits per heavy atom. The molecule has 2 unspecified atom stereocenters. The maximum Gasteiger partial charge on any atom is 0.127 e. The van der Waals surface area contributed by atoms with Crippen molar-refractivity contribution in [2.45, 2.75) is 39.2 Å². The molecule has 0 heterocycles. The Kier molecular flexibility index (Phi) is 3.22. The summed E-state index contributed by atoms with van der Waals surface area (Å²) < 4.78 is 13.6. The van der Waals surface area contributed by atoms with Gasteiger partial charge in [0.2, 0.25) is 0 Å². The molecule has 2 atom stereocenters. The molecule has 0 aromatic heterocycles. The molecule has 2 rings (SSSR count). The summed E-state index contributed by atoms with van der Waals surface area (Å²) in [6.07, 6.45) is 1.93. The predicted molar refractivity (Wildman–Crippen MR) is 63.2 cm³/mol. The molecule has 0 amide bonds. The minimum Gasteiger partial charge on any atom is -0.388 e. The number of aliphatic hydroxyl groups excluding tert-OH is 1. The van der Waals surface area contributed by atoms with Gasteiger partial charge in [-0.15, -0.1) is 0 Å². The van der Waals surface area contributed by atoms with Crippen molar-refractivity contribution < 1.29 is 9.50 Å². The SMILES string of the molecule is Cc1c(F)cc(Cl)c2c1C(O)CC(C)CC2. The van der Waals surface area contributed by atoms with Crippen molar-refractivity contribution >= 4 is 11.6 Å². The van der Waals surface area contributed by atoms with Gasteiger partial charge in [-0.1, -0.05) is 18.5 Å². The summed E-state index contributed by atoms with van der Waals surface area (Å²) in [5, 5.41) is 10.6. The fourth-order valence-corrected chi connectivity index (χ4v) is 2.80. The van der Waals surface area contributed by atoms with Crippen molar-refractivity contribution in [1.29, 1.82) is 0 Å². The van der Waals surface area contributed by atoms with Crippen molar-refractivity contribution in [3.05, 3.63) is 33.6 Å². The Balaban J connectivity index is 2.59. The van der Waals surface area contributed by atoms with E-state index in [9.17, 15) is 9.50 Å². The van der Waals surface area contributed by atoms with Gasteiger partial charge in [0.1, 0.15) is 5.82 Å². The number of aliphatic hydroxyl groups is 1. The number of hydrogen-bond donors (Lipinski definition) is 1. The molecule has 0 fully saturated rings. The Hall–Kier alpha value is -0.600. The fourth-order valence-electron chi connectivity index (χ4n) is 2.50. The fraction of sp³-hybridized carbons (Fsp3) is 0.538. The molecule has 1 aliphatic carbocycles. The second-order valence-corrected chi connectivity index (χ2v) is 5.16. The van der Waals surface area contributed by atoms with E-state index in [2.05, 4.69) is 6.92 Å². The summed E-state index contributed by atoms with van der Waals surface area (Å²) in [6.45, 7) is 3.82. The largest absolute Gasteiger partial charge is 0.388 e. The molecule has 1 aliphatic rings. The molecule has 0 spiro atoms. The molecule has 16 heavy (non-hydrogen) atoms. The van der Waals surface area contributed by atoms with Gasteiger partial charge >= 0.3 is 0 Å². The molecule has 0 radical (unpaired) electrons. The Bertz CT molecular complexity index is 417. The predicted octanol–water partition coefficient (Wildman–Crippen LogP) is 3.79. The van der Waals surface area contributed by atoms with Gasteiger partial charge in [0.25, 0.3) is 0 Å². The van der Waals surface area contributed by atoms with E-state index in [1.807, 2.05) is 0 Å². The van der Waals surface area contributed by atoms with Crippen LogP contribution in [0, 0.1) is 18.7 Å². The maximum atomic E-state index is 13.6. The van der Waals surface area contributed by atoms with Crippen LogP contribution in [0.25, 0.3) is 0 Å². The molecular formula is C13H16ClFO. The maximum absolute atomic E-state index is 13.6. The zero-order valence-corrected chi connectivity index (χ0v) is 10.3. The van der Waals surface area contributed by atoms with Crippen molar-refractivity contribution in [3.8, 4) is 0 Å². The van der Waals surface area contributed by atoms with Gasteiger partial charge < -0.3 is 5.11 Å². The van der Waals surface area contributed by atoms with E-state index < -0.39 is 6.10 Å². The molecule has 1 aromatic carbocycles. The molecular weight excluding hydrogens is 227 g/mol. The number of rotatable bonds is 0. The normalized spacial score (nSPS) is 25.1. The summed E-state index contributed by atoms with van der Waals surface area (Å²) in [6, 6.07) is 1.36. The van der Waals surface area contributed by atoms with E-state index in [0.717, 1.165) is 18.4 Å². The van der Waals surface area contributed by atoms with Crippen LogP contribution in [-0.4, -0.2) is 5.11 Å². The highest BCUT2D eigenvalue weighted by Crippen LogP contribution is 2.38. The van der Waals surface area contributed by atoms with Gasteiger partial charge in [0.15, 0.2) is 0 Å². The lowest BCUT2D eigenvalue weighted by Crippen LogP contribution is -2.06. The second-order valence-electron chi connectivity index (χ2n) is 4.75. The zero-order chi connectivity index (χ0) is 11.9. The van der Waals surface area contributed by atoms with Gasteiger partial charge in [0.05, 0.1) is 6.10 Å². The minimum absolute atomic E-state index is 0.322. The van der Waals surface area contributed by atoms with Gasteiger partial charge in [-0.25, -0.2) is 4.39 Å². The Labute approximate surface area is 100 Å². The molecule has 1 nitrogen and oxygen atoms in total. The lowest BCUT2D eigenvalue weighted by atomic mass is 9.95. The molecule has 0 bridgehead atoms. The number of benzene rings is 1. The Morgan fingerprint density at radius 1 is 1.50 bits per heavy atom. The van der Waals surface area contributed by atoms with Crippen molar-refractivity contribution in [2.24, 2.45) is 5.92 Å². The van der Waals surface area contributed by atoms with E-state index >= 15 is 0 Å². The van der Waals surface area contributed by atoms with Crippen LogP contribution in [-0.2, 0) is 6.42 Å². The number of hydrogen-bond acceptors (Lipinski definition) is 1. The molecule has 1 aromatic rings. The average Bonchev–Trinajstić information content (AvgIpc) is 2.34. The third-order valence-corrected chi connectivity index (χ3v) is 3.81. The molecule has 0 saturated carbocycles. The molecule has 0 aliphatic heterocycles. The minimum atomic E-state index is -0.583. The van der Waals surface area contributed by atoms with Crippen LogP contribution in [0.4, 0.5) is 4.39 Å². The van der Waals surface area contributed by atoms with Gasteiger partial charge in [-0.2, -0.15) is 0 Å². The van der Waals surface area contributed by atoms with Gasteiger partial charge in [0, 0.05) is 5.02 Å². The smallest absolute Gasteiger partial charge is 0.127 e. The summed E-state index contributed by atoms with van der Waals surface area (Å²) in [5.74, 6) is 0.123. The highest BCUT2D eigenvalue weighted by molar-refractivity contribution is 6.31. The third-order valence-electron chi connectivity index (χ3n) is 3.48. The molecule has 1 N–H and O–H groups in total. The Morgan fingerprint density at radius 3 is 2.88 bits per heavy atom. The van der Waals surface area contributed by atoms with E-state index in [1.54, 1.807) is 6.92 Å². The van der Waals surface area contributed by atoms with Crippen molar-refractivity contribution in [1.82, 2.24) is 0 Å². The van der Waals surface area contributed by atoms with Crippen LogP contribution < -0.4 is 0 Å². The first-order chi connectivity index (χ1) is 7.50. The van der Waals surface area contributed by atoms with E-state index in [1.165, 1.54) is 6.07 Å². The molecule has 0 saturated heterocycles. The first-order valence-electron chi connectivity index (χ1n) is 5.66. The number of fused-ring (bicyclic) bond motifs is 1. The van der Waals surface area contributed by atoms with E-state index in [0.29, 0.717) is 28.5 Å². The molecule has 3 heteroatoms. The van der Waals surface area contributed by atoms with Crippen LogP contribution in [0.2, 0.25) is 5.02 Å². The highest BCUT2D eigenvalue weighted by Gasteiger charge is 2.25. The van der Waals surface area contributed by atoms with Crippen LogP contribution in [0.1, 0.15) is 42.6 Å². The van der Waals surface area contributed by atoms with Gasteiger partial charge in [-0.3, -0.25) is 0 Å². The topological polar surface area (TPSA) is 20.2 Å². The van der Waals surface area contributed by atoms with Gasteiger partial charge in [-0.05, 0) is 54.9 Å². The summed E-state index contributed by atoms with van der Waals surface area (Å²) in [5.41, 5.74) is 2.19.